The van der Waals surface area contributed by atoms with Crippen molar-refractivity contribution in [2.24, 2.45) is 46.3 Å². The van der Waals surface area contributed by atoms with Crippen molar-refractivity contribution in [2.75, 3.05) is 12.8 Å². The second-order valence-corrected chi connectivity index (χ2v) is 16.4. The van der Waals surface area contributed by atoms with Gasteiger partial charge in [-0.3, -0.25) is 13.9 Å². The second-order valence-electron chi connectivity index (χ2n) is 14.4. The molecule has 4 aliphatic carbocycles. The van der Waals surface area contributed by atoms with E-state index < -0.39 is 32.3 Å². The predicted molar refractivity (Wildman–Crippen MR) is 169 cm³/mol. The van der Waals surface area contributed by atoms with Crippen LogP contribution in [0.4, 0.5) is 0 Å². The fourth-order valence-corrected chi connectivity index (χ4v) is 10.4. The van der Waals surface area contributed by atoms with Gasteiger partial charge in [-0.05, 0) is 91.3 Å². The Balaban J connectivity index is 0.00000308. The molecule has 43 heavy (non-hydrogen) atoms. The van der Waals surface area contributed by atoms with Gasteiger partial charge in [-0.1, -0.05) is 65.5 Å². The van der Waals surface area contributed by atoms with Crippen LogP contribution in [0.25, 0.3) is 0 Å². The summed E-state index contributed by atoms with van der Waals surface area (Å²) in [7, 11) is -4.13. The molecule has 0 aromatic rings. The van der Waals surface area contributed by atoms with Gasteiger partial charge in [-0.2, -0.15) is 0 Å². The Morgan fingerprint density at radius 2 is 1.74 bits per heavy atom. The molecule has 0 spiro atoms. The smallest absolute Gasteiger partial charge is 0.480 e. The van der Waals surface area contributed by atoms with Gasteiger partial charge in [0, 0.05) is 6.42 Å². The molecule has 2 N–H and O–H groups in total. The van der Waals surface area contributed by atoms with Gasteiger partial charge in [0.1, 0.15) is 6.10 Å². The van der Waals surface area contributed by atoms with Crippen molar-refractivity contribution in [3.8, 4) is 0 Å². The van der Waals surface area contributed by atoms with Crippen LogP contribution in [0.1, 0.15) is 112 Å². The third-order valence-electron chi connectivity index (χ3n) is 11.5. The summed E-state index contributed by atoms with van der Waals surface area (Å²) in [6.45, 7) is 11.4. The van der Waals surface area contributed by atoms with E-state index in [0.29, 0.717) is 11.3 Å². The average molecular weight is 806 g/mol. The molecular formula is C34H59O7PPt. The molecule has 9 atom stereocenters. The number of carbonyl (C=O) groups excluding carboxylic acids is 1. The second kappa shape index (κ2) is 16.4. The molecule has 0 aromatic carbocycles. The predicted octanol–water partition coefficient (Wildman–Crippen LogP) is 8.51. The quantitative estimate of drug-likeness (QED) is 0.0882. The van der Waals surface area contributed by atoms with Crippen molar-refractivity contribution in [3.05, 3.63) is 26.5 Å². The molecular weight excluding hydrogens is 746 g/mol. The average Bonchev–Trinajstić information content (AvgIpc) is 3.24. The molecule has 0 aliphatic heterocycles. The van der Waals surface area contributed by atoms with E-state index in [1.165, 1.54) is 50.5 Å². The van der Waals surface area contributed by atoms with Gasteiger partial charge in [-0.15, -0.1) is 0 Å². The number of esters is 1. The maximum atomic E-state index is 12.5. The summed E-state index contributed by atoms with van der Waals surface area (Å²) < 4.78 is 22.2. The number of fused-ring (bicyclic) bond motifs is 5. The summed E-state index contributed by atoms with van der Waals surface area (Å²) in [6.07, 6.45) is 14.7. The van der Waals surface area contributed by atoms with Gasteiger partial charge in [0.2, 0.25) is 0 Å². The first kappa shape index (κ1) is 40.5. The number of carbonyl (C=O) groups is 2. The van der Waals surface area contributed by atoms with Crippen LogP contribution in [0.3, 0.4) is 0 Å². The van der Waals surface area contributed by atoms with Crippen LogP contribution >= 0.6 is 7.60 Å². The van der Waals surface area contributed by atoms with Crippen LogP contribution in [-0.4, -0.2) is 40.8 Å². The van der Waals surface area contributed by atoms with E-state index in [1.807, 2.05) is 0 Å². The summed E-state index contributed by atoms with van der Waals surface area (Å²) in [5.74, 6) is 2.86. The minimum absolute atomic E-state index is 0. The van der Waals surface area contributed by atoms with E-state index in [9.17, 15) is 19.0 Å². The van der Waals surface area contributed by atoms with E-state index in [0.717, 1.165) is 55.3 Å². The Hall–Kier alpha value is -0.482. The van der Waals surface area contributed by atoms with Crippen LogP contribution in [0.15, 0.2) is 11.6 Å². The fourth-order valence-electron chi connectivity index (χ4n) is 9.45. The van der Waals surface area contributed by atoms with Gasteiger partial charge < -0.3 is 29.6 Å². The Bertz CT molecular complexity index is 1010. The third kappa shape index (κ3) is 9.30. The maximum Gasteiger partial charge on any atom is 2.00 e. The van der Waals surface area contributed by atoms with Crippen molar-refractivity contribution in [1.29, 1.82) is 0 Å². The van der Waals surface area contributed by atoms with E-state index in [1.54, 1.807) is 0 Å². The summed E-state index contributed by atoms with van der Waals surface area (Å²) in [5, 5.41) is 8.64. The van der Waals surface area contributed by atoms with Gasteiger partial charge >= 0.3 is 40.6 Å². The van der Waals surface area contributed by atoms with Crippen LogP contribution in [0.2, 0.25) is 0 Å². The number of carboxylic acids is 1. The van der Waals surface area contributed by atoms with Crippen LogP contribution in [0.5, 0.6) is 0 Å². The number of ether oxygens (including phenoxy) is 1. The zero-order valence-corrected chi connectivity index (χ0v) is 30.9. The maximum absolute atomic E-state index is 12.5. The molecule has 0 bridgehead atoms. The number of rotatable bonds is 12. The molecule has 4 aliphatic rings. The van der Waals surface area contributed by atoms with E-state index >= 15 is 0 Å². The molecule has 9 heteroatoms. The summed E-state index contributed by atoms with van der Waals surface area (Å²) in [5.41, 5.74) is 2.07. The molecule has 3 saturated carbocycles. The SMILES string of the molecule is CC(C)CCC[C@@H](C)[C@H]1CC[C@H]2[C@@H]3CC=C4C[C@@H](OC(=O)CCP(=O)(O)OCC(=O)O)CC[C@]4(C)[C@H]3CC[C@]12C.[CH3-].[CH3-].[Pt+2]. The summed E-state index contributed by atoms with van der Waals surface area (Å²) >= 11 is 0. The van der Waals surface area contributed by atoms with Crippen LogP contribution in [0, 0.1) is 61.2 Å². The summed E-state index contributed by atoms with van der Waals surface area (Å²) in [6, 6.07) is 0. The van der Waals surface area contributed by atoms with Crippen LogP contribution < -0.4 is 0 Å². The molecule has 7 nitrogen and oxygen atoms in total. The largest absolute Gasteiger partial charge is 2.00 e. The Labute approximate surface area is 276 Å². The van der Waals surface area contributed by atoms with Gasteiger partial charge in [0.15, 0.2) is 6.61 Å². The molecule has 0 amide bonds. The molecule has 0 aromatic heterocycles. The van der Waals surface area contributed by atoms with Crippen molar-refractivity contribution in [3.63, 3.8) is 0 Å². The Morgan fingerprint density at radius 1 is 1.05 bits per heavy atom. The van der Waals surface area contributed by atoms with E-state index in [-0.39, 0.29) is 53.9 Å². The van der Waals surface area contributed by atoms with Gasteiger partial charge in [0.05, 0.1) is 12.6 Å². The molecule has 0 heterocycles. The van der Waals surface area contributed by atoms with Crippen molar-refractivity contribution < 1.29 is 54.5 Å². The minimum atomic E-state index is -4.13. The number of aliphatic carboxylic acids is 1. The topological polar surface area (TPSA) is 110 Å². The van der Waals surface area contributed by atoms with Crippen molar-refractivity contribution in [1.82, 2.24) is 0 Å². The fraction of sp³-hybridized carbons (Fsp3) is 0.824. The first-order chi connectivity index (χ1) is 18.7. The molecule has 0 radical (unpaired) electrons. The van der Waals surface area contributed by atoms with E-state index in [4.69, 9.17) is 9.84 Å². The number of hydrogen-bond donors (Lipinski definition) is 2. The molecule has 252 valence electrons. The zero-order chi connectivity index (χ0) is 29.3. The standard InChI is InChI=1S/C32H53O7P.2CH3.Pt/c1-21(2)7-6-8-22(3)26-11-12-27-25-10-9-23-19-24(13-16-31(23,4)28(25)14-17-32(26,27)5)39-30(35)15-18-40(36,37)38-20-29(33)34;;;/h9,21-22,24-28H,6-8,10-20H2,1-5H3,(H,33,34)(H,36,37);2*1H3;/q;2*-1;+2/t22-,24+,25+,26-,27+,28+,31+,32-;;;/m1.../s1. The van der Waals surface area contributed by atoms with Crippen LogP contribution in [-0.2, 0) is 44.5 Å². The minimum Gasteiger partial charge on any atom is -0.480 e. The molecule has 3 fully saturated rings. The molecule has 0 saturated heterocycles. The van der Waals surface area contributed by atoms with Gasteiger partial charge in [0.25, 0.3) is 0 Å². The molecule has 1 unspecified atom stereocenters. The zero-order valence-electron chi connectivity index (χ0n) is 27.7. The Kier molecular flexibility index (Phi) is 15.4. The third-order valence-corrected chi connectivity index (χ3v) is 12.9. The monoisotopic (exact) mass is 805 g/mol. The first-order valence-corrected chi connectivity index (χ1v) is 17.6. The van der Waals surface area contributed by atoms with E-state index in [2.05, 4.69) is 45.2 Å². The first-order valence-electron chi connectivity index (χ1n) is 15.8. The number of hydrogen-bond acceptors (Lipinski definition) is 5. The normalized spacial score (nSPS) is 34.9. The van der Waals surface area contributed by atoms with Gasteiger partial charge in [-0.25, -0.2) is 4.79 Å². The van der Waals surface area contributed by atoms with Crippen molar-refractivity contribution in [2.45, 2.75) is 118 Å². The molecule has 4 rings (SSSR count). The van der Waals surface area contributed by atoms with Crippen molar-refractivity contribution >= 4 is 19.5 Å². The number of allylic oxidation sites excluding steroid dienone is 1. The Morgan fingerprint density at radius 3 is 2.40 bits per heavy atom. The summed E-state index contributed by atoms with van der Waals surface area (Å²) in [4.78, 5) is 32.8. The number of carboxylic acid groups (broad SMARTS) is 1.